The van der Waals surface area contributed by atoms with Gasteiger partial charge in [0.05, 0.1) is 0 Å². The fourth-order valence-corrected chi connectivity index (χ4v) is 0.899. The molecule has 3 heteroatoms. The highest BCUT2D eigenvalue weighted by Gasteiger charge is 2.04. The van der Waals surface area contributed by atoms with Crippen molar-refractivity contribution in [3.63, 3.8) is 0 Å². The third-order valence-electron chi connectivity index (χ3n) is 1.49. The lowest BCUT2D eigenvalue weighted by Crippen LogP contribution is -2.03. The third-order valence-corrected chi connectivity index (χ3v) is 1.49. The van der Waals surface area contributed by atoms with E-state index in [1.54, 1.807) is 12.3 Å². The molecular formula is C7H12N2O. The van der Waals surface area contributed by atoms with Crippen LogP contribution in [0.4, 0.5) is 5.82 Å². The van der Waals surface area contributed by atoms with E-state index in [1.807, 2.05) is 18.4 Å². The number of aromatic nitrogens is 1. The second-order valence-electron chi connectivity index (χ2n) is 2.59. The van der Waals surface area contributed by atoms with Gasteiger partial charge in [-0.3, -0.25) is 0 Å². The molecule has 0 spiro atoms. The summed E-state index contributed by atoms with van der Waals surface area (Å²) in [5.74, 6) is 0.601. The Kier molecular flexibility index (Phi) is 1.57. The first-order valence-corrected chi connectivity index (χ1v) is 3.28. The fraction of sp³-hybridized carbons (Fsp3) is 0.429. The summed E-state index contributed by atoms with van der Waals surface area (Å²) in [7, 11) is 0. The van der Waals surface area contributed by atoms with Gasteiger partial charge in [0.25, 0.3) is 0 Å². The average molecular weight is 140 g/mol. The molecule has 10 heavy (non-hydrogen) atoms. The molecule has 0 amide bonds. The first-order chi connectivity index (χ1) is 4.63. The summed E-state index contributed by atoms with van der Waals surface area (Å²) >= 11 is 0. The summed E-state index contributed by atoms with van der Waals surface area (Å²) in [6.45, 7) is 4.02. The fourth-order valence-electron chi connectivity index (χ4n) is 0.899. The summed E-state index contributed by atoms with van der Waals surface area (Å²) in [6.07, 6.45) is 1.77. The lowest BCUT2D eigenvalue weighted by molar-refractivity contribution is 0.475. The van der Waals surface area contributed by atoms with Gasteiger partial charge in [-0.25, -0.2) is 0 Å². The van der Waals surface area contributed by atoms with Crippen molar-refractivity contribution in [1.82, 2.24) is 4.57 Å². The van der Waals surface area contributed by atoms with Crippen LogP contribution < -0.4 is 5.73 Å². The third kappa shape index (κ3) is 0.943. The van der Waals surface area contributed by atoms with Crippen molar-refractivity contribution in [1.29, 1.82) is 0 Å². The molecule has 0 atom stereocenters. The number of aromatic hydroxyl groups is 1. The number of hydrogen-bond donors (Lipinski definition) is 2. The predicted molar refractivity (Wildman–Crippen MR) is 40.9 cm³/mol. The molecule has 3 N–H and O–H groups in total. The number of hydrogen-bond acceptors (Lipinski definition) is 2. The van der Waals surface area contributed by atoms with E-state index in [0.29, 0.717) is 11.9 Å². The molecule has 0 fully saturated rings. The lowest BCUT2D eigenvalue weighted by atomic mass is 10.4. The summed E-state index contributed by atoms with van der Waals surface area (Å²) in [5.41, 5.74) is 5.52. The second-order valence-corrected chi connectivity index (χ2v) is 2.59. The topological polar surface area (TPSA) is 51.2 Å². The molecular weight excluding hydrogens is 128 g/mol. The summed E-state index contributed by atoms with van der Waals surface area (Å²) < 4.78 is 1.81. The Hall–Kier alpha value is -1.12. The molecule has 0 aliphatic carbocycles. The molecule has 56 valence electrons. The predicted octanol–water partition coefficient (Wildman–Crippen LogP) is 1.36. The van der Waals surface area contributed by atoms with Crippen molar-refractivity contribution in [2.45, 2.75) is 19.9 Å². The standard InChI is InChI=1S/C7H12N2O/c1-5(2)9-4-3-6(10)7(9)8/h3-5,10H,8H2,1-2H3. The first kappa shape index (κ1) is 6.99. The van der Waals surface area contributed by atoms with Gasteiger partial charge in [0.1, 0.15) is 5.82 Å². The summed E-state index contributed by atoms with van der Waals surface area (Å²) in [5, 5.41) is 9.04. The zero-order valence-corrected chi connectivity index (χ0v) is 6.20. The maximum atomic E-state index is 9.04. The van der Waals surface area contributed by atoms with Crippen molar-refractivity contribution < 1.29 is 5.11 Å². The maximum Gasteiger partial charge on any atom is 0.157 e. The van der Waals surface area contributed by atoms with Crippen LogP contribution in [0.2, 0.25) is 0 Å². The molecule has 0 unspecified atom stereocenters. The van der Waals surface area contributed by atoms with Gasteiger partial charge < -0.3 is 15.4 Å². The van der Waals surface area contributed by atoms with Gasteiger partial charge in [0.2, 0.25) is 0 Å². The van der Waals surface area contributed by atoms with Crippen LogP contribution in [0.15, 0.2) is 12.3 Å². The van der Waals surface area contributed by atoms with Crippen LogP contribution in [0.25, 0.3) is 0 Å². The van der Waals surface area contributed by atoms with E-state index < -0.39 is 0 Å². The van der Waals surface area contributed by atoms with Crippen molar-refractivity contribution in [3.8, 4) is 5.75 Å². The van der Waals surface area contributed by atoms with Crippen molar-refractivity contribution >= 4 is 5.82 Å². The minimum atomic E-state index is 0.161. The van der Waals surface area contributed by atoms with Crippen LogP contribution in [-0.4, -0.2) is 9.67 Å². The molecule has 0 bridgehead atoms. The zero-order valence-electron chi connectivity index (χ0n) is 6.20. The van der Waals surface area contributed by atoms with Crippen LogP contribution in [0, 0.1) is 0 Å². The minimum Gasteiger partial charge on any atom is -0.504 e. The molecule has 0 radical (unpaired) electrons. The molecule has 1 aromatic rings. The monoisotopic (exact) mass is 140 g/mol. The van der Waals surface area contributed by atoms with E-state index in [0.717, 1.165) is 0 Å². The second kappa shape index (κ2) is 2.25. The Bertz CT molecular complexity index is 228. The Morgan fingerprint density at radius 1 is 1.60 bits per heavy atom. The smallest absolute Gasteiger partial charge is 0.157 e. The van der Waals surface area contributed by atoms with Crippen LogP contribution in [0.1, 0.15) is 19.9 Å². The van der Waals surface area contributed by atoms with Gasteiger partial charge in [-0.1, -0.05) is 0 Å². The van der Waals surface area contributed by atoms with E-state index in [4.69, 9.17) is 10.8 Å². The van der Waals surface area contributed by atoms with Gasteiger partial charge in [-0.15, -0.1) is 0 Å². The number of nitrogen functional groups attached to an aromatic ring is 1. The Balaban J connectivity index is 3.05. The van der Waals surface area contributed by atoms with Gasteiger partial charge in [0.15, 0.2) is 5.75 Å². The Morgan fingerprint density at radius 3 is 2.40 bits per heavy atom. The quantitative estimate of drug-likeness (QED) is 0.618. The van der Waals surface area contributed by atoms with Crippen LogP contribution in [0.3, 0.4) is 0 Å². The molecule has 0 saturated carbocycles. The number of anilines is 1. The van der Waals surface area contributed by atoms with Crippen molar-refractivity contribution in [2.75, 3.05) is 5.73 Å². The van der Waals surface area contributed by atoms with E-state index in [2.05, 4.69) is 0 Å². The van der Waals surface area contributed by atoms with Crippen LogP contribution >= 0.6 is 0 Å². The number of nitrogens with zero attached hydrogens (tertiary/aromatic N) is 1. The highest BCUT2D eigenvalue weighted by molar-refractivity contribution is 5.46. The molecule has 1 heterocycles. The summed E-state index contributed by atoms with van der Waals surface area (Å²) in [4.78, 5) is 0. The number of nitrogens with two attached hydrogens (primary N) is 1. The molecule has 1 aromatic heterocycles. The SMILES string of the molecule is CC(C)n1ccc(O)c1N. The molecule has 3 nitrogen and oxygen atoms in total. The highest BCUT2D eigenvalue weighted by Crippen LogP contribution is 2.23. The summed E-state index contributed by atoms with van der Waals surface area (Å²) in [6, 6.07) is 1.90. The number of rotatable bonds is 1. The van der Waals surface area contributed by atoms with Crippen molar-refractivity contribution in [2.24, 2.45) is 0 Å². The lowest BCUT2D eigenvalue weighted by Gasteiger charge is -2.08. The van der Waals surface area contributed by atoms with Gasteiger partial charge in [-0.2, -0.15) is 0 Å². The van der Waals surface area contributed by atoms with E-state index >= 15 is 0 Å². The van der Waals surface area contributed by atoms with Crippen molar-refractivity contribution in [3.05, 3.63) is 12.3 Å². The Labute approximate surface area is 60.1 Å². The maximum absolute atomic E-state index is 9.04. The normalized spacial score (nSPS) is 10.7. The van der Waals surface area contributed by atoms with E-state index in [9.17, 15) is 0 Å². The molecule has 0 aromatic carbocycles. The molecule has 0 aliphatic rings. The van der Waals surface area contributed by atoms with Gasteiger partial charge in [-0.05, 0) is 19.9 Å². The largest absolute Gasteiger partial charge is 0.504 e. The van der Waals surface area contributed by atoms with E-state index in [-0.39, 0.29) is 5.75 Å². The Morgan fingerprint density at radius 2 is 2.20 bits per heavy atom. The molecule has 1 rings (SSSR count). The highest BCUT2D eigenvalue weighted by atomic mass is 16.3. The average Bonchev–Trinajstić information content (AvgIpc) is 2.14. The van der Waals surface area contributed by atoms with Gasteiger partial charge in [0, 0.05) is 12.2 Å². The molecule has 0 saturated heterocycles. The van der Waals surface area contributed by atoms with Gasteiger partial charge >= 0.3 is 0 Å². The van der Waals surface area contributed by atoms with Crippen LogP contribution in [0.5, 0.6) is 5.75 Å². The van der Waals surface area contributed by atoms with E-state index in [1.165, 1.54) is 0 Å². The molecule has 0 aliphatic heterocycles. The van der Waals surface area contributed by atoms with Crippen LogP contribution in [-0.2, 0) is 0 Å². The zero-order chi connectivity index (χ0) is 7.72. The minimum absolute atomic E-state index is 0.161. The first-order valence-electron chi connectivity index (χ1n) is 3.28.